The first-order valence-corrected chi connectivity index (χ1v) is 12.0. The fraction of sp³-hybridized carbons (Fsp3) is 0.133. The molecule has 1 unspecified atom stereocenters. The molecule has 3 heterocycles. The molecule has 3 aromatic carbocycles. The van der Waals surface area contributed by atoms with Gasteiger partial charge in [0.15, 0.2) is 11.5 Å². The average molecular weight is 510 g/mol. The molecule has 0 saturated carbocycles. The van der Waals surface area contributed by atoms with Gasteiger partial charge in [0.2, 0.25) is 6.79 Å². The van der Waals surface area contributed by atoms with E-state index in [0.29, 0.717) is 40.9 Å². The van der Waals surface area contributed by atoms with Crippen molar-refractivity contribution in [1.82, 2.24) is 0 Å². The van der Waals surface area contributed by atoms with E-state index in [9.17, 15) is 14.7 Å². The Labute approximate surface area is 218 Å². The van der Waals surface area contributed by atoms with E-state index in [1.54, 1.807) is 48.5 Å². The van der Waals surface area contributed by atoms with Crippen molar-refractivity contribution in [2.45, 2.75) is 19.6 Å². The highest BCUT2D eigenvalue weighted by atomic mass is 16.7. The van der Waals surface area contributed by atoms with Gasteiger partial charge in [-0.05, 0) is 60.5 Å². The van der Waals surface area contributed by atoms with E-state index in [2.05, 4.69) is 0 Å². The van der Waals surface area contributed by atoms with Crippen molar-refractivity contribution in [3.8, 4) is 17.2 Å². The normalized spacial score (nSPS) is 17.7. The van der Waals surface area contributed by atoms with E-state index in [1.807, 2.05) is 37.3 Å². The number of furan rings is 1. The van der Waals surface area contributed by atoms with E-state index in [4.69, 9.17) is 18.6 Å². The lowest BCUT2D eigenvalue weighted by atomic mass is 9.98. The highest BCUT2D eigenvalue weighted by molar-refractivity contribution is 6.51. The standard InChI is InChI=1S/C30H23NO7/c1-18-14-20(9-11-22(18)36-16-19-6-3-2-4-7-19)28(32)26-27(24-8-5-13-35-24)31(30(34)29(26)33)21-10-12-23-25(15-21)38-17-37-23/h2-15,27,32H,16-17H2,1H3/b28-26-. The van der Waals surface area contributed by atoms with Crippen LogP contribution in [0.3, 0.4) is 0 Å². The summed E-state index contributed by atoms with van der Waals surface area (Å²) in [5, 5.41) is 11.4. The van der Waals surface area contributed by atoms with Gasteiger partial charge in [0.25, 0.3) is 11.7 Å². The smallest absolute Gasteiger partial charge is 0.300 e. The highest BCUT2D eigenvalue weighted by Gasteiger charge is 2.48. The third kappa shape index (κ3) is 4.06. The Morgan fingerprint density at radius 1 is 0.974 bits per heavy atom. The molecule has 8 heteroatoms. The van der Waals surface area contributed by atoms with Gasteiger partial charge in [0.1, 0.15) is 29.9 Å². The lowest BCUT2D eigenvalue weighted by Gasteiger charge is -2.23. The Bertz CT molecular complexity index is 1560. The van der Waals surface area contributed by atoms with E-state index in [1.165, 1.54) is 11.2 Å². The Hall–Kier alpha value is -4.98. The van der Waals surface area contributed by atoms with Crippen molar-refractivity contribution >= 4 is 23.1 Å². The molecule has 1 N–H and O–H groups in total. The molecule has 0 bridgehead atoms. The van der Waals surface area contributed by atoms with Crippen molar-refractivity contribution in [2.75, 3.05) is 11.7 Å². The molecule has 0 spiro atoms. The number of aliphatic hydroxyl groups excluding tert-OH is 1. The summed E-state index contributed by atoms with van der Waals surface area (Å²) in [6.07, 6.45) is 1.46. The summed E-state index contributed by atoms with van der Waals surface area (Å²) in [6, 6.07) is 22.2. The van der Waals surface area contributed by atoms with Crippen LogP contribution in [0, 0.1) is 6.92 Å². The van der Waals surface area contributed by atoms with E-state index < -0.39 is 17.7 Å². The van der Waals surface area contributed by atoms with Crippen LogP contribution in [0.2, 0.25) is 0 Å². The summed E-state index contributed by atoms with van der Waals surface area (Å²) >= 11 is 0. The van der Waals surface area contributed by atoms with Crippen LogP contribution in [0.15, 0.2) is 95.1 Å². The molecule has 0 radical (unpaired) electrons. The Balaban J connectivity index is 1.37. The molecule has 190 valence electrons. The van der Waals surface area contributed by atoms with Crippen LogP contribution in [-0.4, -0.2) is 23.6 Å². The first kappa shape index (κ1) is 23.4. The van der Waals surface area contributed by atoms with Crippen LogP contribution in [0.1, 0.15) is 28.5 Å². The number of rotatable bonds is 6. The number of nitrogens with zero attached hydrogens (tertiary/aromatic N) is 1. The molecule has 6 rings (SSSR count). The Kier molecular flexibility index (Phi) is 5.84. The molecule has 0 aliphatic carbocycles. The fourth-order valence-corrected chi connectivity index (χ4v) is 4.70. The fourth-order valence-electron chi connectivity index (χ4n) is 4.70. The molecular weight excluding hydrogens is 486 g/mol. The van der Waals surface area contributed by atoms with Crippen molar-refractivity contribution in [3.05, 3.63) is 113 Å². The number of hydrogen-bond acceptors (Lipinski definition) is 7. The summed E-state index contributed by atoms with van der Waals surface area (Å²) in [4.78, 5) is 27.9. The highest BCUT2D eigenvalue weighted by Crippen LogP contribution is 2.45. The Morgan fingerprint density at radius 3 is 2.55 bits per heavy atom. The van der Waals surface area contributed by atoms with Gasteiger partial charge in [-0.3, -0.25) is 14.5 Å². The topological polar surface area (TPSA) is 98.4 Å². The molecule has 1 saturated heterocycles. The zero-order chi connectivity index (χ0) is 26.2. The quantitative estimate of drug-likeness (QED) is 0.208. The van der Waals surface area contributed by atoms with Gasteiger partial charge in [-0.1, -0.05) is 30.3 Å². The van der Waals surface area contributed by atoms with Crippen LogP contribution >= 0.6 is 0 Å². The minimum atomic E-state index is -0.973. The lowest BCUT2D eigenvalue weighted by molar-refractivity contribution is -0.132. The van der Waals surface area contributed by atoms with Gasteiger partial charge in [-0.25, -0.2) is 0 Å². The number of carbonyl (C=O) groups is 2. The van der Waals surface area contributed by atoms with Crippen LogP contribution in [0.5, 0.6) is 17.2 Å². The zero-order valence-electron chi connectivity index (χ0n) is 20.4. The molecular formula is C30H23NO7. The van der Waals surface area contributed by atoms with Gasteiger partial charge in [-0.15, -0.1) is 0 Å². The Morgan fingerprint density at radius 2 is 1.79 bits per heavy atom. The predicted octanol–water partition coefficient (Wildman–Crippen LogP) is 5.52. The number of Topliss-reactive ketones (excluding diaryl/α,β-unsaturated/α-hetero) is 1. The van der Waals surface area contributed by atoms with Crippen molar-refractivity contribution in [2.24, 2.45) is 0 Å². The second kappa shape index (κ2) is 9.48. The maximum absolute atomic E-state index is 13.3. The number of ether oxygens (including phenoxy) is 3. The van der Waals surface area contributed by atoms with Gasteiger partial charge >= 0.3 is 0 Å². The first-order chi connectivity index (χ1) is 18.5. The van der Waals surface area contributed by atoms with E-state index in [0.717, 1.165) is 11.1 Å². The molecule has 1 fully saturated rings. The minimum Gasteiger partial charge on any atom is -0.507 e. The number of amides is 1. The summed E-state index contributed by atoms with van der Waals surface area (Å²) in [7, 11) is 0. The monoisotopic (exact) mass is 509 g/mol. The van der Waals surface area contributed by atoms with Crippen LogP contribution in [0.25, 0.3) is 5.76 Å². The molecule has 2 aliphatic rings. The van der Waals surface area contributed by atoms with E-state index in [-0.39, 0.29) is 18.1 Å². The average Bonchev–Trinajstić information content (AvgIpc) is 3.68. The van der Waals surface area contributed by atoms with Crippen LogP contribution in [0.4, 0.5) is 5.69 Å². The number of benzene rings is 3. The van der Waals surface area contributed by atoms with E-state index >= 15 is 0 Å². The van der Waals surface area contributed by atoms with Crippen molar-refractivity contribution < 1.29 is 33.3 Å². The van der Waals surface area contributed by atoms with Gasteiger partial charge < -0.3 is 23.7 Å². The minimum absolute atomic E-state index is 0.0695. The number of ketones is 1. The number of aryl methyl sites for hydroxylation is 1. The second-order valence-corrected chi connectivity index (χ2v) is 8.98. The van der Waals surface area contributed by atoms with Gasteiger partial charge in [0, 0.05) is 17.3 Å². The summed E-state index contributed by atoms with van der Waals surface area (Å²) < 4.78 is 22.4. The maximum atomic E-state index is 13.3. The lowest BCUT2D eigenvalue weighted by Crippen LogP contribution is -2.29. The maximum Gasteiger partial charge on any atom is 0.300 e. The zero-order valence-corrected chi connectivity index (χ0v) is 20.4. The first-order valence-electron chi connectivity index (χ1n) is 12.0. The van der Waals surface area contributed by atoms with Gasteiger partial charge in [-0.2, -0.15) is 0 Å². The van der Waals surface area contributed by atoms with Crippen molar-refractivity contribution in [1.29, 1.82) is 0 Å². The summed E-state index contributed by atoms with van der Waals surface area (Å²) in [6.45, 7) is 2.32. The molecule has 1 atom stereocenters. The SMILES string of the molecule is Cc1cc(/C(O)=C2/C(=O)C(=O)N(c3ccc4c(c3)OCO4)C2c2ccco2)ccc1OCc1ccccc1. The number of hydrogen-bond donors (Lipinski definition) is 1. The molecule has 1 amide bonds. The third-order valence-electron chi connectivity index (χ3n) is 6.58. The molecule has 38 heavy (non-hydrogen) atoms. The number of anilines is 1. The van der Waals surface area contributed by atoms with Crippen LogP contribution in [-0.2, 0) is 16.2 Å². The van der Waals surface area contributed by atoms with Crippen LogP contribution < -0.4 is 19.1 Å². The van der Waals surface area contributed by atoms with Gasteiger partial charge in [0.05, 0.1) is 11.8 Å². The summed E-state index contributed by atoms with van der Waals surface area (Å²) in [5.41, 5.74) is 2.53. The molecule has 4 aromatic rings. The molecule has 2 aliphatic heterocycles. The largest absolute Gasteiger partial charge is 0.507 e. The molecule has 1 aromatic heterocycles. The number of aliphatic hydroxyl groups is 1. The number of fused-ring (bicyclic) bond motifs is 1. The predicted molar refractivity (Wildman–Crippen MR) is 138 cm³/mol. The third-order valence-corrected chi connectivity index (χ3v) is 6.58. The summed E-state index contributed by atoms with van der Waals surface area (Å²) in [5.74, 6) is 0.0895. The number of carbonyl (C=O) groups excluding carboxylic acids is 2. The van der Waals surface area contributed by atoms with Crippen molar-refractivity contribution in [3.63, 3.8) is 0 Å². The molecule has 8 nitrogen and oxygen atoms in total. The second-order valence-electron chi connectivity index (χ2n) is 8.98.